The molecule has 0 unspecified atom stereocenters. The van der Waals surface area contributed by atoms with E-state index in [4.69, 9.17) is 10.9 Å². The van der Waals surface area contributed by atoms with Gasteiger partial charge in [0.05, 0.1) is 0 Å². The van der Waals surface area contributed by atoms with Gasteiger partial charge in [0.15, 0.2) is 0 Å². The average Bonchev–Trinajstić information content (AvgIpc) is 2.93. The predicted molar refractivity (Wildman–Crippen MR) is 68.3 cm³/mol. The molecule has 0 aromatic carbocycles. The number of nitrogens with zero attached hydrogens (tertiary/aromatic N) is 2. The molecule has 0 amide bonds. The fraction of sp³-hybridized carbons (Fsp3) is 0.636. The summed E-state index contributed by atoms with van der Waals surface area (Å²) in [6, 6.07) is 0. The van der Waals surface area contributed by atoms with Crippen LogP contribution < -0.4 is 11.1 Å². The molecule has 0 saturated heterocycles. The summed E-state index contributed by atoms with van der Waals surface area (Å²) in [6.45, 7) is 3.71. The highest BCUT2D eigenvalue weighted by Crippen LogP contribution is 2.48. The van der Waals surface area contributed by atoms with Crippen LogP contribution in [0.4, 0.5) is 0 Å². The maximum Gasteiger partial charge on any atom is 0.139 e. The van der Waals surface area contributed by atoms with E-state index < -0.39 is 0 Å². The van der Waals surface area contributed by atoms with E-state index in [0.29, 0.717) is 12.3 Å². The van der Waals surface area contributed by atoms with Crippen molar-refractivity contribution >= 4 is 17.2 Å². The van der Waals surface area contributed by atoms with Crippen LogP contribution in [0.2, 0.25) is 0 Å². The first-order valence-corrected chi connectivity index (χ1v) is 6.60. The van der Waals surface area contributed by atoms with Crippen molar-refractivity contribution in [2.45, 2.75) is 32.7 Å². The molecule has 1 aromatic heterocycles. The molecule has 2 rings (SSSR count). The molecule has 0 aliphatic heterocycles. The maximum absolute atomic E-state index is 8.57. The van der Waals surface area contributed by atoms with Crippen molar-refractivity contribution < 1.29 is 5.21 Å². The van der Waals surface area contributed by atoms with Gasteiger partial charge in [0, 0.05) is 30.6 Å². The van der Waals surface area contributed by atoms with Gasteiger partial charge in [0.2, 0.25) is 0 Å². The van der Waals surface area contributed by atoms with Crippen LogP contribution in [0, 0.1) is 12.3 Å². The van der Waals surface area contributed by atoms with Crippen molar-refractivity contribution in [3.05, 3.63) is 16.1 Å². The van der Waals surface area contributed by atoms with Gasteiger partial charge < -0.3 is 16.3 Å². The minimum absolute atomic E-state index is 0.211. The second-order valence-electron chi connectivity index (χ2n) is 4.75. The summed E-state index contributed by atoms with van der Waals surface area (Å²) in [5.74, 6) is 0.328. The number of rotatable bonds is 6. The minimum Gasteiger partial charge on any atom is -0.409 e. The van der Waals surface area contributed by atoms with Crippen LogP contribution >= 0.6 is 11.3 Å². The molecule has 0 bridgehead atoms. The number of aryl methyl sites for hydroxylation is 1. The Kier molecular flexibility index (Phi) is 3.63. The topological polar surface area (TPSA) is 83.5 Å². The summed E-state index contributed by atoms with van der Waals surface area (Å²) in [5, 5.41) is 18.2. The van der Waals surface area contributed by atoms with Gasteiger partial charge in [-0.05, 0) is 25.2 Å². The second kappa shape index (κ2) is 5.01. The normalized spacial score (nSPS) is 18.3. The summed E-state index contributed by atoms with van der Waals surface area (Å²) in [7, 11) is 0. The van der Waals surface area contributed by atoms with Gasteiger partial charge in [-0.25, -0.2) is 4.98 Å². The fourth-order valence-corrected chi connectivity index (χ4v) is 2.67. The summed E-state index contributed by atoms with van der Waals surface area (Å²) in [4.78, 5) is 4.40. The highest BCUT2D eigenvalue weighted by molar-refractivity contribution is 7.09. The lowest BCUT2D eigenvalue weighted by Crippen LogP contribution is -2.28. The van der Waals surface area contributed by atoms with Crippen molar-refractivity contribution in [3.8, 4) is 0 Å². The molecule has 1 aliphatic carbocycles. The monoisotopic (exact) mass is 254 g/mol. The number of hydrogen-bond donors (Lipinski definition) is 3. The number of oxime groups is 1. The lowest BCUT2D eigenvalue weighted by atomic mass is 10.0. The Bertz CT molecular complexity index is 411. The molecule has 0 spiro atoms. The minimum atomic E-state index is 0.211. The van der Waals surface area contributed by atoms with Gasteiger partial charge in [0.1, 0.15) is 10.8 Å². The van der Waals surface area contributed by atoms with Crippen LogP contribution in [0.1, 0.15) is 30.0 Å². The first-order chi connectivity index (χ1) is 8.13. The Morgan fingerprint density at radius 1 is 1.71 bits per heavy atom. The summed E-state index contributed by atoms with van der Waals surface area (Å²) < 4.78 is 0. The lowest BCUT2D eigenvalue weighted by molar-refractivity contribution is 0.314. The zero-order valence-electron chi connectivity index (χ0n) is 9.94. The third-order valence-corrected chi connectivity index (χ3v) is 4.05. The molecule has 6 heteroatoms. The highest BCUT2D eigenvalue weighted by Gasteiger charge is 2.42. The molecule has 1 aliphatic rings. The Morgan fingerprint density at radius 2 is 2.47 bits per heavy atom. The number of thiazole rings is 1. The Balaban J connectivity index is 1.75. The maximum atomic E-state index is 8.57. The molecule has 1 aromatic rings. The Morgan fingerprint density at radius 3 is 3.00 bits per heavy atom. The van der Waals surface area contributed by atoms with E-state index in [1.165, 1.54) is 0 Å². The molecule has 5 nitrogen and oxygen atoms in total. The molecule has 1 saturated carbocycles. The van der Waals surface area contributed by atoms with Gasteiger partial charge in [-0.3, -0.25) is 0 Å². The Labute approximate surface area is 105 Å². The number of amidine groups is 1. The van der Waals surface area contributed by atoms with E-state index in [1.807, 2.05) is 6.92 Å². The zero-order chi connectivity index (χ0) is 12.3. The highest BCUT2D eigenvalue weighted by atomic mass is 32.1. The molecule has 0 atom stereocenters. The molecule has 94 valence electrons. The average molecular weight is 254 g/mol. The van der Waals surface area contributed by atoms with E-state index in [1.54, 1.807) is 11.3 Å². The van der Waals surface area contributed by atoms with Crippen molar-refractivity contribution in [2.75, 3.05) is 6.54 Å². The van der Waals surface area contributed by atoms with Crippen LogP contribution in [0.3, 0.4) is 0 Å². The quantitative estimate of drug-likeness (QED) is 0.310. The standard InChI is InChI=1S/C11H18N4OS/c1-8-6-17-10(14-8)5-13-7-11(2-3-11)4-9(12)15-16/h6,13,16H,2-5,7H2,1H3,(H2,12,15). The van der Waals surface area contributed by atoms with E-state index in [0.717, 1.165) is 36.6 Å². The molecule has 1 heterocycles. The van der Waals surface area contributed by atoms with Gasteiger partial charge in [0.25, 0.3) is 0 Å². The molecular weight excluding hydrogens is 236 g/mol. The molecule has 17 heavy (non-hydrogen) atoms. The lowest BCUT2D eigenvalue weighted by Gasteiger charge is -2.14. The van der Waals surface area contributed by atoms with Gasteiger partial charge >= 0.3 is 0 Å². The molecule has 4 N–H and O–H groups in total. The van der Waals surface area contributed by atoms with Crippen molar-refractivity contribution in [1.29, 1.82) is 0 Å². The van der Waals surface area contributed by atoms with E-state index in [9.17, 15) is 0 Å². The number of nitrogens with two attached hydrogens (primary N) is 1. The molecular formula is C11H18N4OS. The molecule has 1 fully saturated rings. The van der Waals surface area contributed by atoms with Crippen molar-refractivity contribution in [2.24, 2.45) is 16.3 Å². The van der Waals surface area contributed by atoms with Gasteiger partial charge in [-0.15, -0.1) is 11.3 Å². The zero-order valence-corrected chi connectivity index (χ0v) is 10.8. The Hall–Kier alpha value is -1.14. The summed E-state index contributed by atoms with van der Waals surface area (Å²) >= 11 is 1.68. The summed E-state index contributed by atoms with van der Waals surface area (Å²) in [6.07, 6.45) is 2.97. The third-order valence-electron chi connectivity index (χ3n) is 3.08. The SMILES string of the molecule is Cc1csc(CNCC2(CC(N)=NO)CC2)n1. The number of hydrogen-bond acceptors (Lipinski definition) is 5. The summed E-state index contributed by atoms with van der Waals surface area (Å²) in [5.41, 5.74) is 6.83. The fourth-order valence-electron chi connectivity index (χ4n) is 1.93. The van der Waals surface area contributed by atoms with Crippen LogP contribution in [0.25, 0.3) is 0 Å². The van der Waals surface area contributed by atoms with E-state index in [2.05, 4.69) is 20.8 Å². The van der Waals surface area contributed by atoms with Crippen LogP contribution in [-0.2, 0) is 6.54 Å². The second-order valence-corrected chi connectivity index (χ2v) is 5.70. The first-order valence-electron chi connectivity index (χ1n) is 5.72. The number of aromatic nitrogens is 1. The van der Waals surface area contributed by atoms with E-state index in [-0.39, 0.29) is 5.41 Å². The smallest absolute Gasteiger partial charge is 0.139 e. The largest absolute Gasteiger partial charge is 0.409 e. The van der Waals surface area contributed by atoms with Crippen molar-refractivity contribution in [1.82, 2.24) is 10.3 Å². The number of nitrogens with one attached hydrogen (secondary N) is 1. The first kappa shape index (κ1) is 12.3. The third kappa shape index (κ3) is 3.41. The molecule has 0 radical (unpaired) electrons. The van der Waals surface area contributed by atoms with Gasteiger partial charge in [-0.2, -0.15) is 0 Å². The predicted octanol–water partition coefficient (Wildman–Crippen LogP) is 1.46. The van der Waals surface area contributed by atoms with Crippen LogP contribution in [-0.4, -0.2) is 22.6 Å². The van der Waals surface area contributed by atoms with Gasteiger partial charge in [-0.1, -0.05) is 5.16 Å². The van der Waals surface area contributed by atoms with Crippen LogP contribution in [0.5, 0.6) is 0 Å². The van der Waals surface area contributed by atoms with E-state index >= 15 is 0 Å². The van der Waals surface area contributed by atoms with Crippen LogP contribution in [0.15, 0.2) is 10.5 Å². The van der Waals surface area contributed by atoms with Crippen molar-refractivity contribution in [3.63, 3.8) is 0 Å².